The standard InChI is InChI=1S/C15H13N5OS/c21-15-13(11-2-1-5-22-11)17-10-7-16-12-6-9(8-3-4-8)19-20(12)14(10)18-15/h1-2,5-8,13,17H,3-4H2,(H,18,21). The number of amides is 1. The average Bonchev–Trinajstić information content (AvgIpc) is 3.07. The molecule has 1 saturated carbocycles. The van der Waals surface area contributed by atoms with Crippen molar-refractivity contribution in [2.45, 2.75) is 24.8 Å². The summed E-state index contributed by atoms with van der Waals surface area (Å²) in [6.45, 7) is 0. The zero-order valence-electron chi connectivity index (χ0n) is 11.6. The molecule has 2 aliphatic rings. The molecule has 7 heteroatoms. The number of anilines is 2. The van der Waals surface area contributed by atoms with Crippen LogP contribution >= 0.6 is 11.3 Å². The maximum absolute atomic E-state index is 12.4. The van der Waals surface area contributed by atoms with Crippen molar-refractivity contribution in [3.05, 3.63) is 40.3 Å². The fourth-order valence-corrected chi connectivity index (χ4v) is 3.60. The van der Waals surface area contributed by atoms with Gasteiger partial charge in [0.2, 0.25) is 0 Å². The number of carbonyl (C=O) groups is 1. The van der Waals surface area contributed by atoms with E-state index in [1.54, 1.807) is 22.0 Å². The molecule has 6 nitrogen and oxygen atoms in total. The largest absolute Gasteiger partial charge is 0.365 e. The quantitative estimate of drug-likeness (QED) is 0.763. The van der Waals surface area contributed by atoms with Crippen molar-refractivity contribution >= 4 is 34.4 Å². The molecule has 0 aromatic carbocycles. The molecule has 1 unspecified atom stereocenters. The van der Waals surface area contributed by atoms with Crippen LogP contribution in [-0.2, 0) is 4.79 Å². The van der Waals surface area contributed by atoms with Crippen molar-refractivity contribution < 1.29 is 4.79 Å². The number of fused-ring (bicyclic) bond motifs is 3. The van der Waals surface area contributed by atoms with Crippen LogP contribution in [0.2, 0.25) is 0 Å². The Labute approximate surface area is 130 Å². The second-order valence-corrected chi connectivity index (χ2v) is 6.70. The summed E-state index contributed by atoms with van der Waals surface area (Å²) in [5, 5.41) is 12.8. The molecule has 1 aliphatic heterocycles. The van der Waals surface area contributed by atoms with Gasteiger partial charge in [0.15, 0.2) is 11.5 Å². The number of carbonyl (C=O) groups excluding carboxylic acids is 1. The third-order valence-corrected chi connectivity index (χ3v) is 5.07. The first-order chi connectivity index (χ1) is 10.8. The van der Waals surface area contributed by atoms with Gasteiger partial charge >= 0.3 is 0 Å². The Morgan fingerprint density at radius 2 is 2.27 bits per heavy atom. The first kappa shape index (κ1) is 12.2. The molecule has 2 N–H and O–H groups in total. The summed E-state index contributed by atoms with van der Waals surface area (Å²) >= 11 is 1.56. The predicted octanol–water partition coefficient (Wildman–Crippen LogP) is 2.77. The van der Waals surface area contributed by atoms with Gasteiger partial charge in [0.05, 0.1) is 17.6 Å². The normalized spacial score (nSPS) is 20.5. The lowest BCUT2D eigenvalue weighted by atomic mass is 10.1. The molecular formula is C15H13N5OS. The molecular weight excluding hydrogens is 298 g/mol. The van der Waals surface area contributed by atoms with Gasteiger partial charge in [0.1, 0.15) is 6.04 Å². The third kappa shape index (κ3) is 1.75. The summed E-state index contributed by atoms with van der Waals surface area (Å²) in [5.74, 6) is 1.17. The van der Waals surface area contributed by atoms with E-state index in [0.29, 0.717) is 11.7 Å². The molecule has 1 fully saturated rings. The molecule has 0 radical (unpaired) electrons. The maximum Gasteiger partial charge on any atom is 0.253 e. The molecule has 0 bridgehead atoms. The molecule has 5 rings (SSSR count). The van der Waals surface area contributed by atoms with Crippen LogP contribution < -0.4 is 10.6 Å². The Balaban J connectivity index is 1.60. The Bertz CT molecular complexity index is 881. The first-order valence-corrected chi connectivity index (χ1v) is 8.17. The minimum atomic E-state index is -0.370. The van der Waals surface area contributed by atoms with Crippen molar-refractivity contribution in [2.24, 2.45) is 0 Å². The molecule has 1 atom stereocenters. The summed E-state index contributed by atoms with van der Waals surface area (Å²) in [4.78, 5) is 17.9. The van der Waals surface area contributed by atoms with Gasteiger partial charge in [-0.25, -0.2) is 4.98 Å². The Hall–Kier alpha value is -2.41. The minimum absolute atomic E-state index is 0.0640. The van der Waals surface area contributed by atoms with E-state index in [4.69, 9.17) is 0 Å². The van der Waals surface area contributed by atoms with E-state index < -0.39 is 0 Å². The molecule has 110 valence electrons. The molecule has 4 heterocycles. The van der Waals surface area contributed by atoms with E-state index in [2.05, 4.69) is 20.7 Å². The Kier molecular flexibility index (Phi) is 2.38. The highest BCUT2D eigenvalue weighted by Crippen LogP contribution is 2.40. The van der Waals surface area contributed by atoms with Crippen LogP contribution in [0.4, 0.5) is 11.5 Å². The van der Waals surface area contributed by atoms with Crippen LogP contribution in [0.3, 0.4) is 0 Å². The van der Waals surface area contributed by atoms with Gasteiger partial charge in [-0.15, -0.1) is 11.3 Å². The highest BCUT2D eigenvalue weighted by Gasteiger charge is 2.31. The Morgan fingerprint density at radius 3 is 3.05 bits per heavy atom. The zero-order valence-corrected chi connectivity index (χ0v) is 12.4. The summed E-state index contributed by atoms with van der Waals surface area (Å²) in [6.07, 6.45) is 4.15. The molecule has 3 aromatic rings. The second kappa shape index (κ2) is 4.30. The highest BCUT2D eigenvalue weighted by atomic mass is 32.1. The fraction of sp³-hybridized carbons (Fsp3) is 0.267. The Morgan fingerprint density at radius 1 is 1.36 bits per heavy atom. The van der Waals surface area contributed by atoms with Gasteiger partial charge in [0, 0.05) is 16.9 Å². The van der Waals surface area contributed by atoms with Crippen molar-refractivity contribution in [3.63, 3.8) is 0 Å². The first-order valence-electron chi connectivity index (χ1n) is 7.29. The lowest BCUT2D eigenvalue weighted by Crippen LogP contribution is -2.32. The maximum atomic E-state index is 12.4. The van der Waals surface area contributed by atoms with Crippen LogP contribution in [0.15, 0.2) is 29.8 Å². The topological polar surface area (TPSA) is 71.3 Å². The van der Waals surface area contributed by atoms with E-state index >= 15 is 0 Å². The van der Waals surface area contributed by atoms with Crippen LogP contribution in [0.1, 0.15) is 35.4 Å². The van der Waals surface area contributed by atoms with Crippen LogP contribution in [0, 0.1) is 0 Å². The fourth-order valence-electron chi connectivity index (χ4n) is 2.82. The number of hydrogen-bond acceptors (Lipinski definition) is 5. The minimum Gasteiger partial charge on any atom is -0.365 e. The van der Waals surface area contributed by atoms with E-state index in [0.717, 1.165) is 21.9 Å². The van der Waals surface area contributed by atoms with E-state index in [1.807, 2.05) is 23.6 Å². The van der Waals surface area contributed by atoms with Gasteiger partial charge in [0.25, 0.3) is 5.91 Å². The lowest BCUT2D eigenvalue weighted by molar-refractivity contribution is -0.117. The van der Waals surface area contributed by atoms with Gasteiger partial charge in [-0.2, -0.15) is 9.61 Å². The average molecular weight is 311 g/mol. The zero-order chi connectivity index (χ0) is 14.7. The molecule has 1 aliphatic carbocycles. The monoisotopic (exact) mass is 311 g/mol. The lowest BCUT2D eigenvalue weighted by Gasteiger charge is -2.25. The van der Waals surface area contributed by atoms with Crippen molar-refractivity contribution in [1.82, 2.24) is 14.6 Å². The van der Waals surface area contributed by atoms with Crippen LogP contribution in [0.5, 0.6) is 0 Å². The van der Waals surface area contributed by atoms with Crippen molar-refractivity contribution in [3.8, 4) is 0 Å². The number of hydrogen-bond donors (Lipinski definition) is 2. The van der Waals surface area contributed by atoms with Gasteiger partial charge in [-0.05, 0) is 24.3 Å². The van der Waals surface area contributed by atoms with Gasteiger partial charge in [-0.1, -0.05) is 6.07 Å². The van der Waals surface area contributed by atoms with Crippen LogP contribution in [0.25, 0.3) is 5.65 Å². The van der Waals surface area contributed by atoms with Gasteiger partial charge < -0.3 is 10.6 Å². The number of rotatable bonds is 2. The van der Waals surface area contributed by atoms with Gasteiger partial charge in [-0.3, -0.25) is 4.79 Å². The summed E-state index contributed by atoms with van der Waals surface area (Å²) < 4.78 is 1.73. The molecule has 22 heavy (non-hydrogen) atoms. The summed E-state index contributed by atoms with van der Waals surface area (Å²) in [6, 6.07) is 5.54. The van der Waals surface area contributed by atoms with E-state index in [-0.39, 0.29) is 11.9 Å². The SMILES string of the molecule is O=C1Nc2c(cnc3cc(C4CC4)nn23)NC1c1cccs1. The molecule has 3 aromatic heterocycles. The van der Waals surface area contributed by atoms with E-state index in [1.165, 1.54) is 12.8 Å². The number of nitrogens with zero attached hydrogens (tertiary/aromatic N) is 3. The highest BCUT2D eigenvalue weighted by molar-refractivity contribution is 7.10. The number of nitrogens with one attached hydrogen (secondary N) is 2. The van der Waals surface area contributed by atoms with Crippen molar-refractivity contribution in [1.29, 1.82) is 0 Å². The van der Waals surface area contributed by atoms with E-state index in [9.17, 15) is 4.79 Å². The van der Waals surface area contributed by atoms with Crippen LogP contribution in [-0.4, -0.2) is 20.5 Å². The second-order valence-electron chi connectivity index (χ2n) is 5.72. The third-order valence-electron chi connectivity index (χ3n) is 4.13. The molecule has 0 spiro atoms. The smallest absolute Gasteiger partial charge is 0.253 e. The summed E-state index contributed by atoms with van der Waals surface area (Å²) in [5.41, 5.74) is 2.64. The van der Waals surface area contributed by atoms with Crippen molar-refractivity contribution in [2.75, 3.05) is 10.6 Å². The number of aromatic nitrogens is 3. The number of thiophene rings is 1. The molecule has 0 saturated heterocycles. The summed E-state index contributed by atoms with van der Waals surface area (Å²) in [7, 11) is 0. The molecule has 1 amide bonds. The predicted molar refractivity (Wildman–Crippen MR) is 84.3 cm³/mol.